The lowest BCUT2D eigenvalue weighted by molar-refractivity contribution is 0.183. The van der Waals surface area contributed by atoms with Crippen LogP contribution in [0.2, 0.25) is 0 Å². The second-order valence-electron chi connectivity index (χ2n) is 4.34. The summed E-state index contributed by atoms with van der Waals surface area (Å²) in [6.45, 7) is 8.17. The summed E-state index contributed by atoms with van der Waals surface area (Å²) in [6.07, 6.45) is 2.59. The molecule has 1 fully saturated rings. The van der Waals surface area contributed by atoms with Crippen molar-refractivity contribution in [2.24, 2.45) is 5.92 Å². The maximum Gasteiger partial charge on any atom is 0.0601 e. The molecule has 3 nitrogen and oxygen atoms in total. The molecule has 1 saturated heterocycles. The van der Waals surface area contributed by atoms with Crippen molar-refractivity contribution in [1.82, 2.24) is 10.2 Å². The van der Waals surface area contributed by atoms with Crippen LogP contribution in [0.1, 0.15) is 19.8 Å². The Morgan fingerprint density at radius 3 is 2.75 bits per heavy atom. The molecule has 1 rings (SSSR count). The quantitative estimate of drug-likeness (QED) is 0.537. The number of likely N-dealkylation sites (tertiary alicyclic amines) is 1. The number of hydrogen-bond acceptors (Lipinski definition) is 3. The molecule has 0 atom stereocenters. The smallest absolute Gasteiger partial charge is 0.0601 e. The van der Waals surface area contributed by atoms with Gasteiger partial charge in [-0.2, -0.15) is 0 Å². The minimum atomic E-state index is 0.810. The minimum absolute atomic E-state index is 0.810. The van der Waals surface area contributed by atoms with E-state index >= 15 is 0 Å². The third kappa shape index (κ3) is 5.50. The number of piperidine rings is 1. The highest BCUT2D eigenvalue weighted by molar-refractivity contribution is 4.98. The number of ether oxygens (including phenoxy) is 1. The summed E-state index contributed by atoms with van der Waals surface area (Å²) < 4.78 is 5.01. The highest BCUT2D eigenvalue weighted by atomic mass is 16.5. The van der Waals surface area contributed by atoms with E-state index in [2.05, 4.69) is 22.1 Å². The van der Waals surface area contributed by atoms with Crippen molar-refractivity contribution in [2.75, 3.05) is 46.4 Å². The summed E-state index contributed by atoms with van der Waals surface area (Å²) in [5, 5.41) is 3.44. The van der Waals surface area contributed by atoms with E-state index in [1.54, 1.807) is 7.11 Å². The molecule has 1 N–H and O–H groups in total. The Hall–Kier alpha value is -0.560. The number of rotatable bonds is 6. The van der Waals surface area contributed by atoms with Gasteiger partial charge in [0.1, 0.15) is 0 Å². The van der Waals surface area contributed by atoms with E-state index in [0.29, 0.717) is 0 Å². The zero-order chi connectivity index (χ0) is 11.6. The summed E-state index contributed by atoms with van der Waals surface area (Å²) in [7, 11) is 1.74. The molecule has 0 bridgehead atoms. The van der Waals surface area contributed by atoms with Gasteiger partial charge in [0.05, 0.1) is 13.2 Å². The van der Waals surface area contributed by atoms with Crippen molar-refractivity contribution < 1.29 is 4.74 Å². The fourth-order valence-electron chi connectivity index (χ4n) is 2.02. The van der Waals surface area contributed by atoms with Gasteiger partial charge in [-0.15, -0.1) is 5.92 Å². The monoisotopic (exact) mass is 224 g/mol. The lowest BCUT2D eigenvalue weighted by Gasteiger charge is -2.30. The molecule has 1 heterocycles. The summed E-state index contributed by atoms with van der Waals surface area (Å²) in [5.41, 5.74) is 0. The normalized spacial score (nSPS) is 18.1. The first-order chi connectivity index (χ1) is 7.86. The molecule has 0 saturated carbocycles. The fraction of sp³-hybridized carbons (Fsp3) is 0.846. The maximum absolute atomic E-state index is 5.01. The van der Waals surface area contributed by atoms with Gasteiger partial charge in [0.25, 0.3) is 0 Å². The van der Waals surface area contributed by atoms with E-state index < -0.39 is 0 Å². The molecule has 1 aliphatic rings. The molecule has 0 unspecified atom stereocenters. The maximum atomic E-state index is 5.01. The van der Waals surface area contributed by atoms with Crippen molar-refractivity contribution >= 4 is 0 Å². The van der Waals surface area contributed by atoms with E-state index in [0.717, 1.165) is 32.2 Å². The predicted octanol–water partition coefficient (Wildman–Crippen LogP) is 0.958. The largest absolute Gasteiger partial charge is 0.383 e. The number of methoxy groups -OCH3 is 1. The van der Waals surface area contributed by atoms with Crippen LogP contribution < -0.4 is 5.32 Å². The molecule has 3 heteroatoms. The second kappa shape index (κ2) is 8.58. The van der Waals surface area contributed by atoms with E-state index in [1.165, 1.54) is 25.9 Å². The van der Waals surface area contributed by atoms with Crippen LogP contribution in [-0.2, 0) is 4.74 Å². The first-order valence-corrected chi connectivity index (χ1v) is 6.18. The van der Waals surface area contributed by atoms with E-state index in [9.17, 15) is 0 Å². The van der Waals surface area contributed by atoms with Crippen molar-refractivity contribution in [3.05, 3.63) is 0 Å². The molecular weight excluding hydrogens is 200 g/mol. The van der Waals surface area contributed by atoms with E-state index in [1.807, 2.05) is 6.92 Å². The Morgan fingerprint density at radius 2 is 2.12 bits per heavy atom. The SMILES string of the molecule is CC#CCN1CCC(CNCCOC)CC1. The molecule has 16 heavy (non-hydrogen) atoms. The lowest BCUT2D eigenvalue weighted by Crippen LogP contribution is -2.38. The van der Waals surface area contributed by atoms with Gasteiger partial charge in [-0.3, -0.25) is 4.90 Å². The first-order valence-electron chi connectivity index (χ1n) is 6.18. The molecule has 0 radical (unpaired) electrons. The van der Waals surface area contributed by atoms with Crippen LogP contribution in [0.3, 0.4) is 0 Å². The van der Waals surface area contributed by atoms with Crippen LogP contribution in [0.25, 0.3) is 0 Å². The lowest BCUT2D eigenvalue weighted by atomic mass is 9.97. The van der Waals surface area contributed by atoms with Gasteiger partial charge in [0.15, 0.2) is 0 Å². The summed E-state index contributed by atoms with van der Waals surface area (Å²) in [6, 6.07) is 0. The standard InChI is InChI=1S/C13H24N2O/c1-3-4-8-15-9-5-13(6-10-15)12-14-7-11-16-2/h13-14H,5-12H2,1-2H3. The summed E-state index contributed by atoms with van der Waals surface area (Å²) in [4.78, 5) is 2.45. The second-order valence-corrected chi connectivity index (χ2v) is 4.34. The average molecular weight is 224 g/mol. The van der Waals surface area contributed by atoms with Gasteiger partial charge < -0.3 is 10.1 Å². The Kier molecular flexibility index (Phi) is 7.24. The average Bonchev–Trinajstić information content (AvgIpc) is 2.33. The summed E-state index contributed by atoms with van der Waals surface area (Å²) >= 11 is 0. The van der Waals surface area contributed by atoms with Gasteiger partial charge in [0, 0.05) is 13.7 Å². The van der Waals surface area contributed by atoms with Gasteiger partial charge >= 0.3 is 0 Å². The molecule has 0 aromatic heterocycles. The molecule has 1 aliphatic heterocycles. The van der Waals surface area contributed by atoms with Crippen molar-refractivity contribution in [2.45, 2.75) is 19.8 Å². The highest BCUT2D eigenvalue weighted by Crippen LogP contribution is 2.15. The molecule has 0 aliphatic carbocycles. The Labute approximate surface area is 99.5 Å². The molecule has 0 aromatic rings. The zero-order valence-electron chi connectivity index (χ0n) is 10.6. The van der Waals surface area contributed by atoms with Gasteiger partial charge in [-0.05, 0) is 45.3 Å². The van der Waals surface area contributed by atoms with Crippen LogP contribution in [0.5, 0.6) is 0 Å². The Bertz CT molecular complexity index is 224. The van der Waals surface area contributed by atoms with Crippen LogP contribution in [-0.4, -0.2) is 51.3 Å². The first kappa shape index (κ1) is 13.5. The van der Waals surface area contributed by atoms with Crippen molar-refractivity contribution in [1.29, 1.82) is 0 Å². The number of nitrogens with zero attached hydrogens (tertiary/aromatic N) is 1. The zero-order valence-corrected chi connectivity index (χ0v) is 10.6. The van der Waals surface area contributed by atoms with Crippen molar-refractivity contribution in [3.63, 3.8) is 0 Å². The molecule has 0 aromatic carbocycles. The van der Waals surface area contributed by atoms with Crippen LogP contribution in [0, 0.1) is 17.8 Å². The molecule has 0 amide bonds. The minimum Gasteiger partial charge on any atom is -0.383 e. The van der Waals surface area contributed by atoms with Crippen LogP contribution in [0.15, 0.2) is 0 Å². The topological polar surface area (TPSA) is 24.5 Å². The van der Waals surface area contributed by atoms with Gasteiger partial charge in [-0.1, -0.05) is 5.92 Å². The van der Waals surface area contributed by atoms with E-state index in [4.69, 9.17) is 4.74 Å². The number of hydrogen-bond donors (Lipinski definition) is 1. The van der Waals surface area contributed by atoms with Crippen LogP contribution >= 0.6 is 0 Å². The third-order valence-corrected chi connectivity index (χ3v) is 3.10. The Morgan fingerprint density at radius 1 is 1.38 bits per heavy atom. The summed E-state index contributed by atoms with van der Waals surface area (Å²) in [5.74, 6) is 6.93. The fourth-order valence-corrected chi connectivity index (χ4v) is 2.02. The van der Waals surface area contributed by atoms with E-state index in [-0.39, 0.29) is 0 Å². The third-order valence-electron chi connectivity index (χ3n) is 3.10. The molecular formula is C13H24N2O. The Balaban J connectivity index is 2.04. The molecule has 92 valence electrons. The van der Waals surface area contributed by atoms with Crippen molar-refractivity contribution in [3.8, 4) is 11.8 Å². The highest BCUT2D eigenvalue weighted by Gasteiger charge is 2.17. The van der Waals surface area contributed by atoms with Gasteiger partial charge in [-0.25, -0.2) is 0 Å². The van der Waals surface area contributed by atoms with Gasteiger partial charge in [0.2, 0.25) is 0 Å². The molecule has 0 spiro atoms. The number of nitrogens with one attached hydrogen (secondary N) is 1. The predicted molar refractivity (Wildman–Crippen MR) is 67.4 cm³/mol. The van der Waals surface area contributed by atoms with Crippen LogP contribution in [0.4, 0.5) is 0 Å².